The van der Waals surface area contributed by atoms with Crippen LogP contribution in [0.5, 0.6) is 0 Å². The van der Waals surface area contributed by atoms with E-state index in [0.29, 0.717) is 6.42 Å². The molecule has 1 aliphatic heterocycles. The first-order valence-corrected chi connectivity index (χ1v) is 3.67. The molecular formula is C9H8O4. The van der Waals surface area contributed by atoms with Crippen LogP contribution in [-0.4, -0.2) is 5.97 Å². The maximum absolute atomic E-state index is 10.1. The highest BCUT2D eigenvalue weighted by Gasteiger charge is 2.00. The Morgan fingerprint density at radius 2 is 2.08 bits per heavy atom. The molecule has 1 aliphatic rings. The Labute approximate surface area is 74.4 Å². The van der Waals surface area contributed by atoms with Crippen LogP contribution < -0.4 is 5.63 Å². The molecule has 0 aromatic carbocycles. The Morgan fingerprint density at radius 1 is 1.23 bits per heavy atom. The van der Waals surface area contributed by atoms with E-state index in [2.05, 4.69) is 9.15 Å². The summed E-state index contributed by atoms with van der Waals surface area (Å²) in [5.41, 5.74) is -0.303. The van der Waals surface area contributed by atoms with E-state index in [0.717, 1.165) is 0 Å². The number of carbonyl (C=O) groups is 1. The van der Waals surface area contributed by atoms with Gasteiger partial charge >= 0.3 is 11.6 Å². The average Bonchev–Trinajstić information content (AvgIpc) is 2.58. The molecule has 1 aromatic rings. The highest BCUT2D eigenvalue weighted by Crippen LogP contribution is 1.96. The SMILES string of the molecule is O=C1CC=CO1.O=c1cccco1. The van der Waals surface area contributed by atoms with Gasteiger partial charge in [0.25, 0.3) is 0 Å². The smallest absolute Gasteiger partial charge is 0.335 e. The minimum absolute atomic E-state index is 0.157. The molecule has 2 heterocycles. The van der Waals surface area contributed by atoms with Crippen LogP contribution in [0.25, 0.3) is 0 Å². The summed E-state index contributed by atoms with van der Waals surface area (Å²) in [5.74, 6) is -0.157. The standard InChI is InChI=1S/C5H4O2.C4H4O2/c6-5-3-1-2-4-7-5;5-4-2-1-3-6-4/h1-4H;1,3H,2H2. The third-order valence-corrected chi connectivity index (χ3v) is 1.19. The van der Waals surface area contributed by atoms with Crippen LogP contribution in [0.3, 0.4) is 0 Å². The highest BCUT2D eigenvalue weighted by molar-refractivity contribution is 5.73. The fraction of sp³-hybridized carbons (Fsp3) is 0.111. The van der Waals surface area contributed by atoms with Crippen molar-refractivity contribution >= 4 is 5.97 Å². The molecule has 0 aliphatic carbocycles. The number of cyclic esters (lactones) is 1. The van der Waals surface area contributed by atoms with Gasteiger partial charge in [-0.2, -0.15) is 0 Å². The van der Waals surface area contributed by atoms with E-state index in [4.69, 9.17) is 0 Å². The molecule has 0 unspecified atom stereocenters. The molecule has 4 heteroatoms. The van der Waals surface area contributed by atoms with Gasteiger partial charge in [-0.25, -0.2) is 4.79 Å². The third-order valence-electron chi connectivity index (χ3n) is 1.19. The topological polar surface area (TPSA) is 56.5 Å². The summed E-state index contributed by atoms with van der Waals surface area (Å²) < 4.78 is 8.70. The molecule has 0 bridgehead atoms. The predicted octanol–water partition coefficient (Wildman–Crippen LogP) is 1.09. The van der Waals surface area contributed by atoms with Gasteiger partial charge in [-0.15, -0.1) is 0 Å². The molecule has 0 radical (unpaired) electrons. The maximum atomic E-state index is 10.1. The van der Waals surface area contributed by atoms with Gasteiger partial charge in [0, 0.05) is 6.07 Å². The van der Waals surface area contributed by atoms with Gasteiger partial charge in [0.1, 0.15) is 0 Å². The van der Waals surface area contributed by atoms with Gasteiger partial charge in [-0.1, -0.05) is 6.07 Å². The number of hydrogen-bond acceptors (Lipinski definition) is 4. The van der Waals surface area contributed by atoms with E-state index >= 15 is 0 Å². The second-order valence-electron chi connectivity index (χ2n) is 2.19. The summed E-state index contributed by atoms with van der Waals surface area (Å²) in [6, 6.07) is 4.65. The van der Waals surface area contributed by atoms with Crippen molar-refractivity contribution in [2.24, 2.45) is 0 Å². The van der Waals surface area contributed by atoms with Crippen LogP contribution in [0, 0.1) is 0 Å². The fourth-order valence-corrected chi connectivity index (χ4v) is 0.642. The van der Waals surface area contributed by atoms with Crippen molar-refractivity contribution in [1.82, 2.24) is 0 Å². The van der Waals surface area contributed by atoms with Crippen LogP contribution in [0.4, 0.5) is 0 Å². The van der Waals surface area contributed by atoms with Gasteiger partial charge in [0.05, 0.1) is 18.9 Å². The Morgan fingerprint density at radius 3 is 2.31 bits per heavy atom. The maximum Gasteiger partial charge on any atom is 0.335 e. The summed E-state index contributed by atoms with van der Waals surface area (Å²) >= 11 is 0. The van der Waals surface area contributed by atoms with E-state index in [1.54, 1.807) is 18.2 Å². The summed E-state index contributed by atoms with van der Waals surface area (Å²) in [6.07, 6.45) is 4.88. The van der Waals surface area contributed by atoms with Crippen molar-refractivity contribution < 1.29 is 13.9 Å². The first-order valence-electron chi connectivity index (χ1n) is 3.67. The molecular weight excluding hydrogens is 172 g/mol. The number of esters is 1. The molecule has 2 rings (SSSR count). The molecule has 0 amide bonds. The van der Waals surface area contributed by atoms with Crippen LogP contribution in [-0.2, 0) is 9.53 Å². The Balaban J connectivity index is 0.000000132. The summed E-state index contributed by atoms with van der Waals surface area (Å²) in [4.78, 5) is 20.1. The van der Waals surface area contributed by atoms with E-state index in [9.17, 15) is 9.59 Å². The third kappa shape index (κ3) is 3.91. The van der Waals surface area contributed by atoms with Crippen molar-refractivity contribution in [1.29, 1.82) is 0 Å². The second kappa shape index (κ2) is 4.92. The average molecular weight is 180 g/mol. The lowest BCUT2D eigenvalue weighted by atomic mass is 10.5. The van der Waals surface area contributed by atoms with Crippen LogP contribution in [0.1, 0.15) is 6.42 Å². The molecule has 0 N–H and O–H groups in total. The highest BCUT2D eigenvalue weighted by atomic mass is 16.5. The van der Waals surface area contributed by atoms with Crippen molar-refractivity contribution in [2.45, 2.75) is 6.42 Å². The molecule has 0 atom stereocenters. The van der Waals surface area contributed by atoms with Gasteiger partial charge in [-0.05, 0) is 12.1 Å². The fourth-order valence-electron chi connectivity index (χ4n) is 0.642. The van der Waals surface area contributed by atoms with E-state index < -0.39 is 0 Å². The summed E-state index contributed by atoms with van der Waals surface area (Å²) in [6.45, 7) is 0. The van der Waals surface area contributed by atoms with Gasteiger partial charge in [0.2, 0.25) is 0 Å². The Bertz CT molecular complexity index is 323. The predicted molar refractivity (Wildman–Crippen MR) is 44.8 cm³/mol. The number of rotatable bonds is 0. The van der Waals surface area contributed by atoms with Crippen LogP contribution in [0.15, 0.2) is 46.0 Å². The van der Waals surface area contributed by atoms with Crippen molar-refractivity contribution in [2.75, 3.05) is 0 Å². The molecule has 68 valence electrons. The zero-order valence-electron chi connectivity index (χ0n) is 6.80. The Hall–Kier alpha value is -1.84. The molecule has 4 nitrogen and oxygen atoms in total. The van der Waals surface area contributed by atoms with E-state index in [-0.39, 0.29) is 11.6 Å². The van der Waals surface area contributed by atoms with E-state index in [1.165, 1.54) is 18.6 Å². The molecule has 0 spiro atoms. The quantitative estimate of drug-likeness (QED) is 0.560. The summed E-state index contributed by atoms with van der Waals surface area (Å²) in [7, 11) is 0. The molecule has 0 saturated heterocycles. The number of ether oxygens (including phenoxy) is 1. The molecule has 1 aromatic heterocycles. The van der Waals surface area contributed by atoms with Gasteiger partial charge in [-0.3, -0.25) is 4.79 Å². The van der Waals surface area contributed by atoms with E-state index in [1.807, 2.05) is 0 Å². The second-order valence-corrected chi connectivity index (χ2v) is 2.19. The molecule has 0 saturated carbocycles. The Kier molecular flexibility index (Phi) is 3.50. The van der Waals surface area contributed by atoms with Crippen molar-refractivity contribution in [3.8, 4) is 0 Å². The lowest BCUT2D eigenvalue weighted by molar-refractivity contribution is -0.135. The lowest BCUT2D eigenvalue weighted by Gasteiger charge is -1.78. The minimum atomic E-state index is -0.303. The number of carbonyl (C=O) groups excluding carboxylic acids is 1. The number of hydrogen-bond donors (Lipinski definition) is 0. The molecule has 13 heavy (non-hydrogen) atoms. The minimum Gasteiger partial charge on any atom is -0.435 e. The van der Waals surface area contributed by atoms with Crippen molar-refractivity contribution in [3.63, 3.8) is 0 Å². The van der Waals surface area contributed by atoms with Gasteiger partial charge in [0.15, 0.2) is 0 Å². The van der Waals surface area contributed by atoms with Crippen molar-refractivity contribution in [3.05, 3.63) is 47.2 Å². The first kappa shape index (κ1) is 9.25. The van der Waals surface area contributed by atoms with Crippen LogP contribution in [0.2, 0.25) is 0 Å². The van der Waals surface area contributed by atoms with Crippen LogP contribution >= 0.6 is 0 Å². The monoisotopic (exact) mass is 180 g/mol. The normalized spacial score (nSPS) is 13.1. The largest absolute Gasteiger partial charge is 0.435 e. The lowest BCUT2D eigenvalue weighted by Crippen LogP contribution is -1.90. The molecule has 0 fully saturated rings. The van der Waals surface area contributed by atoms with Gasteiger partial charge < -0.3 is 9.15 Å². The zero-order valence-corrected chi connectivity index (χ0v) is 6.80. The zero-order chi connectivity index (χ0) is 9.52. The first-order chi connectivity index (χ1) is 6.29. The summed E-state index contributed by atoms with van der Waals surface area (Å²) in [5, 5.41) is 0.